The molecule has 112 valence electrons. The molecule has 0 fully saturated rings. The Kier molecular flexibility index (Phi) is 5.71. The number of nitrogens with zero attached hydrogens (tertiary/aromatic N) is 1. The van der Waals surface area contributed by atoms with Crippen LogP contribution in [-0.4, -0.2) is 29.2 Å². The number of aliphatic hydroxyl groups is 1. The van der Waals surface area contributed by atoms with E-state index >= 15 is 0 Å². The Balaban J connectivity index is 1.64. The van der Waals surface area contributed by atoms with E-state index in [0.29, 0.717) is 6.54 Å². The fraction of sp³-hybridized carbons (Fsp3) is 0.333. The quantitative estimate of drug-likeness (QED) is 0.764. The first-order chi connectivity index (χ1) is 10.1. The maximum atomic E-state index is 11.6. The van der Waals surface area contributed by atoms with Crippen molar-refractivity contribution in [2.24, 2.45) is 0 Å². The molecule has 0 bridgehead atoms. The van der Waals surface area contributed by atoms with Crippen LogP contribution in [0, 0.1) is 6.92 Å². The molecule has 1 atom stereocenters. The molecule has 0 aromatic carbocycles. The first kappa shape index (κ1) is 15.5. The molecule has 3 N–H and O–H groups in total. The topological polar surface area (TPSA) is 74.2 Å². The maximum absolute atomic E-state index is 11.6. The number of aryl methyl sites for hydroxylation is 1. The summed E-state index contributed by atoms with van der Waals surface area (Å²) in [7, 11) is 0. The first-order valence-electron chi connectivity index (χ1n) is 6.78. The lowest BCUT2D eigenvalue weighted by molar-refractivity contribution is 0.173. The van der Waals surface area contributed by atoms with Crippen LogP contribution in [0.5, 0.6) is 0 Å². The van der Waals surface area contributed by atoms with Crippen LogP contribution in [-0.2, 0) is 6.42 Å². The minimum absolute atomic E-state index is 0.203. The maximum Gasteiger partial charge on any atom is 0.314 e. The second-order valence-electron chi connectivity index (χ2n) is 4.77. The molecule has 21 heavy (non-hydrogen) atoms. The Morgan fingerprint density at radius 1 is 1.38 bits per heavy atom. The third-order valence-corrected chi connectivity index (χ3v) is 3.76. The van der Waals surface area contributed by atoms with Gasteiger partial charge in [0.05, 0.1) is 6.10 Å². The van der Waals surface area contributed by atoms with Crippen LogP contribution in [0.4, 0.5) is 4.79 Å². The van der Waals surface area contributed by atoms with Gasteiger partial charge in [-0.2, -0.15) is 11.3 Å². The van der Waals surface area contributed by atoms with Gasteiger partial charge in [-0.15, -0.1) is 0 Å². The summed E-state index contributed by atoms with van der Waals surface area (Å²) >= 11 is 1.52. The molecule has 2 aromatic rings. The molecule has 0 aliphatic rings. The van der Waals surface area contributed by atoms with Crippen molar-refractivity contribution < 1.29 is 9.90 Å². The van der Waals surface area contributed by atoms with E-state index in [1.54, 1.807) is 0 Å². The summed E-state index contributed by atoms with van der Waals surface area (Å²) in [5.74, 6) is 0. The average Bonchev–Trinajstić information content (AvgIpc) is 3.01. The summed E-state index contributed by atoms with van der Waals surface area (Å²) in [6.45, 7) is 2.67. The summed E-state index contributed by atoms with van der Waals surface area (Å²) in [5.41, 5.74) is 2.89. The number of aromatic nitrogens is 1. The fourth-order valence-electron chi connectivity index (χ4n) is 1.80. The number of aliphatic hydroxyl groups excluding tert-OH is 1. The number of rotatable bonds is 6. The van der Waals surface area contributed by atoms with E-state index in [1.807, 2.05) is 42.1 Å². The van der Waals surface area contributed by atoms with E-state index in [2.05, 4.69) is 15.6 Å². The van der Waals surface area contributed by atoms with Crippen molar-refractivity contribution in [1.82, 2.24) is 15.6 Å². The number of amides is 2. The zero-order valence-electron chi connectivity index (χ0n) is 11.9. The number of hydrogen-bond acceptors (Lipinski definition) is 4. The van der Waals surface area contributed by atoms with Gasteiger partial charge in [-0.1, -0.05) is 6.07 Å². The number of carbonyl (C=O) groups excluding carboxylic acids is 1. The second-order valence-corrected chi connectivity index (χ2v) is 5.55. The van der Waals surface area contributed by atoms with Crippen molar-refractivity contribution >= 4 is 17.4 Å². The smallest absolute Gasteiger partial charge is 0.314 e. The molecule has 2 heterocycles. The van der Waals surface area contributed by atoms with Gasteiger partial charge >= 0.3 is 6.03 Å². The van der Waals surface area contributed by atoms with Crippen LogP contribution in [0.2, 0.25) is 0 Å². The minimum Gasteiger partial charge on any atom is -0.387 e. The van der Waals surface area contributed by atoms with Gasteiger partial charge in [0.1, 0.15) is 0 Å². The lowest BCUT2D eigenvalue weighted by Gasteiger charge is -2.11. The third kappa shape index (κ3) is 5.17. The van der Waals surface area contributed by atoms with Crippen molar-refractivity contribution in [2.45, 2.75) is 19.4 Å². The van der Waals surface area contributed by atoms with Gasteiger partial charge in [-0.25, -0.2) is 4.79 Å². The molecule has 2 aromatic heterocycles. The summed E-state index contributed by atoms with van der Waals surface area (Å²) in [6.07, 6.45) is 1.88. The van der Waals surface area contributed by atoms with E-state index in [0.717, 1.165) is 23.2 Å². The number of thiophene rings is 1. The van der Waals surface area contributed by atoms with Crippen molar-refractivity contribution in [3.05, 3.63) is 52.0 Å². The highest BCUT2D eigenvalue weighted by molar-refractivity contribution is 7.07. The minimum atomic E-state index is -0.664. The van der Waals surface area contributed by atoms with Crippen LogP contribution in [0.3, 0.4) is 0 Å². The van der Waals surface area contributed by atoms with Gasteiger partial charge in [0.2, 0.25) is 0 Å². The van der Waals surface area contributed by atoms with Gasteiger partial charge in [-0.3, -0.25) is 4.98 Å². The molecule has 0 spiro atoms. The highest BCUT2D eigenvalue weighted by Crippen LogP contribution is 2.14. The van der Waals surface area contributed by atoms with Crippen molar-refractivity contribution in [1.29, 1.82) is 0 Å². The van der Waals surface area contributed by atoms with Crippen molar-refractivity contribution in [3.63, 3.8) is 0 Å². The number of pyridine rings is 1. The number of hydrogen-bond donors (Lipinski definition) is 3. The van der Waals surface area contributed by atoms with Crippen LogP contribution in [0.25, 0.3) is 0 Å². The van der Waals surface area contributed by atoms with Crippen LogP contribution in [0.1, 0.15) is 22.9 Å². The van der Waals surface area contributed by atoms with Gasteiger partial charge in [0.25, 0.3) is 0 Å². The fourth-order valence-corrected chi connectivity index (χ4v) is 2.51. The van der Waals surface area contributed by atoms with E-state index in [4.69, 9.17) is 0 Å². The highest BCUT2D eigenvalue weighted by Gasteiger charge is 2.09. The lowest BCUT2D eigenvalue weighted by atomic mass is 10.2. The first-order valence-corrected chi connectivity index (χ1v) is 7.73. The number of carbonyl (C=O) groups is 1. The molecule has 0 aliphatic heterocycles. The van der Waals surface area contributed by atoms with E-state index in [-0.39, 0.29) is 12.6 Å². The van der Waals surface area contributed by atoms with Crippen molar-refractivity contribution in [3.8, 4) is 0 Å². The zero-order valence-corrected chi connectivity index (χ0v) is 12.7. The summed E-state index contributed by atoms with van der Waals surface area (Å²) in [4.78, 5) is 15.8. The third-order valence-electron chi connectivity index (χ3n) is 3.06. The van der Waals surface area contributed by atoms with E-state index in [1.165, 1.54) is 11.3 Å². The Morgan fingerprint density at radius 2 is 2.24 bits per heavy atom. The Morgan fingerprint density at radius 3 is 2.90 bits per heavy atom. The van der Waals surface area contributed by atoms with Crippen LogP contribution < -0.4 is 10.6 Å². The van der Waals surface area contributed by atoms with Crippen LogP contribution >= 0.6 is 11.3 Å². The normalized spacial score (nSPS) is 11.9. The predicted octanol–water partition coefficient (Wildman–Crippen LogP) is 2.03. The molecule has 2 rings (SSSR count). The summed E-state index contributed by atoms with van der Waals surface area (Å²) in [5, 5.41) is 19.0. The van der Waals surface area contributed by atoms with Gasteiger partial charge in [-0.05, 0) is 47.4 Å². The molecule has 0 aliphatic carbocycles. The number of urea groups is 1. The second kappa shape index (κ2) is 7.75. The lowest BCUT2D eigenvalue weighted by Crippen LogP contribution is -2.38. The molecular weight excluding hydrogens is 286 g/mol. The molecule has 5 nitrogen and oxygen atoms in total. The molecule has 1 unspecified atom stereocenters. The largest absolute Gasteiger partial charge is 0.387 e. The highest BCUT2D eigenvalue weighted by atomic mass is 32.1. The summed E-state index contributed by atoms with van der Waals surface area (Å²) in [6, 6.07) is 5.53. The van der Waals surface area contributed by atoms with Crippen molar-refractivity contribution in [2.75, 3.05) is 13.1 Å². The molecule has 6 heteroatoms. The molecular formula is C15H19N3O2S. The van der Waals surface area contributed by atoms with E-state index in [9.17, 15) is 9.90 Å². The Labute approximate surface area is 128 Å². The zero-order chi connectivity index (χ0) is 15.1. The Hall–Kier alpha value is -1.92. The van der Waals surface area contributed by atoms with Gasteiger partial charge in [0, 0.05) is 25.0 Å². The van der Waals surface area contributed by atoms with Gasteiger partial charge < -0.3 is 15.7 Å². The number of nitrogens with one attached hydrogen (secondary N) is 2. The molecule has 0 saturated carbocycles. The Bertz CT molecular complexity index is 555. The molecule has 0 radical (unpaired) electrons. The SMILES string of the molecule is Cc1ccc(CCNC(=O)NCC(O)c2ccsc2)cn1. The standard InChI is InChI=1S/C15H19N3O2S/c1-11-2-3-12(8-17-11)4-6-16-15(20)18-9-14(19)13-5-7-21-10-13/h2-3,5,7-8,10,14,19H,4,6,9H2,1H3,(H2,16,18,20). The summed E-state index contributed by atoms with van der Waals surface area (Å²) < 4.78 is 0. The molecule has 0 saturated heterocycles. The monoisotopic (exact) mass is 305 g/mol. The van der Waals surface area contributed by atoms with Gasteiger partial charge in [0.15, 0.2) is 0 Å². The predicted molar refractivity (Wildman–Crippen MR) is 83.4 cm³/mol. The average molecular weight is 305 g/mol. The molecule has 2 amide bonds. The van der Waals surface area contributed by atoms with Crippen LogP contribution in [0.15, 0.2) is 35.2 Å². The van der Waals surface area contributed by atoms with E-state index < -0.39 is 6.10 Å².